The highest BCUT2D eigenvalue weighted by Crippen LogP contribution is 2.26. The zero-order valence-electron chi connectivity index (χ0n) is 21.5. The molecule has 2 aliphatic heterocycles. The van der Waals surface area contributed by atoms with Gasteiger partial charge in [-0.15, -0.1) is 0 Å². The highest BCUT2D eigenvalue weighted by Gasteiger charge is 2.26. The molecular formula is C28H39Cl2N3O2. The number of benzene rings is 1. The SMILES string of the molecule is C=C1CN(C(=O)/C=C/CN2CC(C)C2)CCN1/C(=C\CC)C(C)=O.CCCc1cccc(Cl)c1Cl. The average molecular weight is 521 g/mol. The van der Waals surface area contributed by atoms with Gasteiger partial charge in [-0.2, -0.15) is 0 Å². The summed E-state index contributed by atoms with van der Waals surface area (Å²) in [7, 11) is 0. The molecule has 0 bridgehead atoms. The Morgan fingerprint density at radius 1 is 1.17 bits per heavy atom. The Balaban J connectivity index is 0.000000328. The molecule has 192 valence electrons. The van der Waals surface area contributed by atoms with Gasteiger partial charge in [-0.05, 0) is 30.4 Å². The van der Waals surface area contributed by atoms with E-state index in [4.69, 9.17) is 23.2 Å². The van der Waals surface area contributed by atoms with E-state index in [1.165, 1.54) is 0 Å². The molecule has 2 saturated heterocycles. The molecule has 3 rings (SSSR count). The lowest BCUT2D eigenvalue weighted by Gasteiger charge is -2.38. The normalized spacial score (nSPS) is 17.3. The van der Waals surface area contributed by atoms with Crippen LogP contribution in [0.3, 0.4) is 0 Å². The van der Waals surface area contributed by atoms with Gasteiger partial charge in [-0.25, -0.2) is 0 Å². The molecule has 1 aromatic carbocycles. The number of Topliss-reactive ketones (excluding diaryl/α,β-unsaturated/α-hetero) is 1. The Bertz CT molecular complexity index is 952. The van der Waals surface area contributed by atoms with Gasteiger partial charge in [-0.3, -0.25) is 14.5 Å². The first-order chi connectivity index (χ1) is 16.7. The number of piperazine rings is 1. The molecule has 0 unspecified atom stereocenters. The van der Waals surface area contributed by atoms with Crippen molar-refractivity contribution in [1.29, 1.82) is 0 Å². The molecule has 0 spiro atoms. The first-order valence-corrected chi connectivity index (χ1v) is 13.2. The fourth-order valence-electron chi connectivity index (χ4n) is 4.28. The van der Waals surface area contributed by atoms with Crippen LogP contribution in [0.5, 0.6) is 0 Å². The Morgan fingerprint density at radius 3 is 2.46 bits per heavy atom. The van der Waals surface area contributed by atoms with Gasteiger partial charge in [-0.1, -0.05) is 81.3 Å². The van der Waals surface area contributed by atoms with Crippen molar-refractivity contribution in [2.24, 2.45) is 5.92 Å². The van der Waals surface area contributed by atoms with Crippen molar-refractivity contribution < 1.29 is 9.59 Å². The van der Waals surface area contributed by atoms with E-state index in [9.17, 15) is 9.59 Å². The van der Waals surface area contributed by atoms with Crippen LogP contribution < -0.4 is 0 Å². The second-order valence-corrected chi connectivity index (χ2v) is 10.0. The highest BCUT2D eigenvalue weighted by atomic mass is 35.5. The van der Waals surface area contributed by atoms with E-state index in [2.05, 4.69) is 25.3 Å². The summed E-state index contributed by atoms with van der Waals surface area (Å²) in [4.78, 5) is 30.2. The summed E-state index contributed by atoms with van der Waals surface area (Å²) in [6.45, 7) is 16.8. The van der Waals surface area contributed by atoms with E-state index < -0.39 is 0 Å². The maximum atomic E-state index is 12.3. The third-order valence-electron chi connectivity index (χ3n) is 6.02. The number of halogens is 2. The van der Waals surface area contributed by atoms with Crippen molar-refractivity contribution in [3.8, 4) is 0 Å². The molecule has 0 atom stereocenters. The van der Waals surface area contributed by atoms with Gasteiger partial charge >= 0.3 is 0 Å². The summed E-state index contributed by atoms with van der Waals surface area (Å²) in [6.07, 6.45) is 8.44. The van der Waals surface area contributed by atoms with Crippen LogP contribution in [0, 0.1) is 5.92 Å². The number of allylic oxidation sites excluding steroid dienone is 2. The molecule has 0 radical (unpaired) electrons. The summed E-state index contributed by atoms with van der Waals surface area (Å²) in [5.41, 5.74) is 2.63. The fourth-order valence-corrected chi connectivity index (χ4v) is 4.69. The number of carbonyl (C=O) groups excluding carboxylic acids is 2. The summed E-state index contributed by atoms with van der Waals surface area (Å²) < 4.78 is 0. The van der Waals surface area contributed by atoms with E-state index in [-0.39, 0.29) is 11.7 Å². The van der Waals surface area contributed by atoms with Gasteiger partial charge in [0.1, 0.15) is 0 Å². The molecule has 7 heteroatoms. The third-order valence-corrected chi connectivity index (χ3v) is 6.88. The van der Waals surface area contributed by atoms with E-state index >= 15 is 0 Å². The minimum Gasteiger partial charge on any atom is -0.340 e. The number of likely N-dealkylation sites (tertiary alicyclic amines) is 1. The van der Waals surface area contributed by atoms with E-state index in [0.717, 1.165) is 56.1 Å². The molecule has 0 aliphatic carbocycles. The summed E-state index contributed by atoms with van der Waals surface area (Å²) in [5, 5.41) is 1.36. The maximum Gasteiger partial charge on any atom is 0.246 e. The number of aryl methyl sites for hydroxylation is 1. The predicted molar refractivity (Wildman–Crippen MR) is 147 cm³/mol. The zero-order chi connectivity index (χ0) is 26.0. The molecule has 2 heterocycles. The molecule has 35 heavy (non-hydrogen) atoms. The van der Waals surface area contributed by atoms with Crippen molar-refractivity contribution in [3.63, 3.8) is 0 Å². The van der Waals surface area contributed by atoms with Crippen LogP contribution in [0.25, 0.3) is 0 Å². The van der Waals surface area contributed by atoms with Crippen molar-refractivity contribution in [3.05, 3.63) is 70.0 Å². The smallest absolute Gasteiger partial charge is 0.246 e. The lowest BCUT2D eigenvalue weighted by atomic mass is 10.0. The highest BCUT2D eigenvalue weighted by molar-refractivity contribution is 6.42. The van der Waals surface area contributed by atoms with Crippen LogP contribution in [0.1, 0.15) is 46.1 Å². The number of carbonyl (C=O) groups is 2. The first-order valence-electron chi connectivity index (χ1n) is 12.4. The van der Waals surface area contributed by atoms with Crippen molar-refractivity contribution >= 4 is 34.9 Å². The Kier molecular flexibility index (Phi) is 12.1. The average Bonchev–Trinajstić information content (AvgIpc) is 2.80. The monoisotopic (exact) mass is 519 g/mol. The molecule has 1 amide bonds. The lowest BCUT2D eigenvalue weighted by Crippen LogP contribution is -2.47. The second kappa shape index (κ2) is 14.5. The molecule has 0 saturated carbocycles. The third kappa shape index (κ3) is 8.82. The van der Waals surface area contributed by atoms with Crippen LogP contribution in [-0.4, -0.2) is 65.7 Å². The number of amides is 1. The van der Waals surface area contributed by atoms with E-state index in [1.54, 1.807) is 17.9 Å². The quantitative estimate of drug-likeness (QED) is 0.396. The standard InChI is InChI=1S/C19H29N3O2.C9H10Cl2/c1-5-7-18(17(4)23)22-11-10-21(14-16(22)3)19(24)8-6-9-20-12-15(2)13-20;1-2-4-7-5-3-6-8(10)9(7)11/h6-8,15H,3,5,9-14H2,1-2,4H3;3,5-6H,2,4H2,1H3/b8-6+,18-7-;. The minimum absolute atomic E-state index is 0.0215. The Hall–Kier alpha value is -2.08. The molecule has 0 aromatic heterocycles. The van der Waals surface area contributed by atoms with Crippen molar-refractivity contribution in [2.45, 2.75) is 47.0 Å². The zero-order valence-corrected chi connectivity index (χ0v) is 23.0. The number of ketones is 1. The number of rotatable bonds is 8. The van der Waals surface area contributed by atoms with Gasteiger partial charge in [0.25, 0.3) is 0 Å². The molecular weight excluding hydrogens is 481 g/mol. The summed E-state index contributed by atoms with van der Waals surface area (Å²) in [6, 6.07) is 5.75. The van der Waals surface area contributed by atoms with Crippen LogP contribution in [-0.2, 0) is 16.0 Å². The van der Waals surface area contributed by atoms with E-state index in [1.807, 2.05) is 42.2 Å². The van der Waals surface area contributed by atoms with Crippen molar-refractivity contribution in [1.82, 2.24) is 14.7 Å². The maximum absolute atomic E-state index is 12.3. The van der Waals surface area contributed by atoms with Crippen LogP contribution in [0.4, 0.5) is 0 Å². The van der Waals surface area contributed by atoms with Crippen LogP contribution in [0.2, 0.25) is 10.0 Å². The number of hydrogen-bond donors (Lipinski definition) is 0. The lowest BCUT2D eigenvalue weighted by molar-refractivity contribution is -0.126. The van der Waals surface area contributed by atoms with Gasteiger partial charge in [0.05, 0.1) is 22.3 Å². The predicted octanol–water partition coefficient (Wildman–Crippen LogP) is 5.98. The van der Waals surface area contributed by atoms with Crippen LogP contribution >= 0.6 is 23.2 Å². The van der Waals surface area contributed by atoms with Gasteiger partial charge in [0.2, 0.25) is 5.91 Å². The summed E-state index contributed by atoms with van der Waals surface area (Å²) >= 11 is 11.8. The Labute approximate surface area is 221 Å². The summed E-state index contributed by atoms with van der Waals surface area (Å²) in [5.74, 6) is 0.840. The molecule has 2 fully saturated rings. The largest absolute Gasteiger partial charge is 0.340 e. The molecule has 5 nitrogen and oxygen atoms in total. The molecule has 2 aliphatic rings. The topological polar surface area (TPSA) is 43.9 Å². The number of nitrogens with zero attached hydrogens (tertiary/aromatic N) is 3. The fraction of sp³-hybridized carbons (Fsp3) is 0.500. The van der Waals surface area contributed by atoms with E-state index in [0.29, 0.717) is 35.4 Å². The van der Waals surface area contributed by atoms with Crippen molar-refractivity contribution in [2.75, 3.05) is 39.3 Å². The second-order valence-electron chi connectivity index (χ2n) is 9.22. The van der Waals surface area contributed by atoms with Gasteiger partial charge in [0.15, 0.2) is 5.78 Å². The molecule has 1 aromatic rings. The minimum atomic E-state index is 0.0215. The number of hydrogen-bond acceptors (Lipinski definition) is 4. The first kappa shape index (κ1) is 29.2. The molecule has 0 N–H and O–H groups in total. The Morgan fingerprint density at radius 2 is 1.89 bits per heavy atom. The van der Waals surface area contributed by atoms with Gasteiger partial charge in [0, 0.05) is 51.4 Å². The van der Waals surface area contributed by atoms with Crippen LogP contribution in [0.15, 0.2) is 54.4 Å². The van der Waals surface area contributed by atoms with Gasteiger partial charge < -0.3 is 9.80 Å².